The molecule has 0 spiro atoms. The fraction of sp³-hybridized carbons (Fsp3) is 1.00. The quantitative estimate of drug-likeness (QED) is 0.274. The summed E-state index contributed by atoms with van der Waals surface area (Å²) in [5.41, 5.74) is -0.941. The highest BCUT2D eigenvalue weighted by atomic mass is 16.8. The first-order chi connectivity index (χ1) is 11.9. The Kier molecular flexibility index (Phi) is 4.56. The molecule has 4 rings (SSSR count). The molecule has 3 saturated heterocycles. The van der Waals surface area contributed by atoms with E-state index in [1.165, 1.54) is 0 Å². The molecule has 0 bridgehead atoms. The Morgan fingerprint density at radius 2 is 1.72 bits per heavy atom. The fourth-order valence-electron chi connectivity index (χ4n) is 4.50. The molecule has 6 N–H and O–H groups in total. The van der Waals surface area contributed by atoms with E-state index < -0.39 is 67.3 Å². The van der Waals surface area contributed by atoms with Crippen LogP contribution in [0.4, 0.5) is 0 Å². The van der Waals surface area contributed by atoms with Crippen molar-refractivity contribution in [2.75, 3.05) is 19.8 Å². The van der Waals surface area contributed by atoms with Crippen LogP contribution in [0.5, 0.6) is 0 Å². The van der Waals surface area contributed by atoms with Crippen molar-refractivity contribution >= 4 is 0 Å². The number of epoxide rings is 1. The normalized spacial score (nSPS) is 57.8. The third-order valence-corrected chi connectivity index (χ3v) is 5.94. The van der Waals surface area contributed by atoms with Crippen molar-refractivity contribution in [3.63, 3.8) is 0 Å². The third-order valence-electron chi connectivity index (χ3n) is 5.94. The molecule has 0 amide bonds. The standard InChI is InChI=1S/C15H24O10/c16-3-6-9(19)10(20)11(21)14(23-6)24-13-7-5(1-2-22-13)8(18)12-15(7,4-17)25-12/h5-14,16-21H,1-4H2/t5-,6-,7-,8+,9+,10+,11-,12+,13+,14+,15-/m1/s1. The van der Waals surface area contributed by atoms with Gasteiger partial charge in [-0.3, -0.25) is 0 Å². The Labute approximate surface area is 143 Å². The lowest BCUT2D eigenvalue weighted by molar-refractivity contribution is -0.356. The predicted octanol–water partition coefficient (Wildman–Crippen LogP) is -3.71. The van der Waals surface area contributed by atoms with E-state index in [9.17, 15) is 30.6 Å². The Morgan fingerprint density at radius 3 is 2.40 bits per heavy atom. The highest BCUT2D eigenvalue weighted by Gasteiger charge is 2.75. The monoisotopic (exact) mass is 364 g/mol. The molecule has 144 valence electrons. The van der Waals surface area contributed by atoms with Crippen molar-refractivity contribution in [2.24, 2.45) is 11.8 Å². The van der Waals surface area contributed by atoms with Gasteiger partial charge in [0.05, 0.1) is 25.9 Å². The van der Waals surface area contributed by atoms with Crippen LogP contribution in [-0.2, 0) is 18.9 Å². The molecule has 3 heterocycles. The van der Waals surface area contributed by atoms with Crippen LogP contribution < -0.4 is 0 Å². The Balaban J connectivity index is 1.52. The van der Waals surface area contributed by atoms with Crippen LogP contribution >= 0.6 is 0 Å². The maximum Gasteiger partial charge on any atom is 0.189 e. The van der Waals surface area contributed by atoms with Gasteiger partial charge in [-0.05, 0) is 6.42 Å². The Morgan fingerprint density at radius 1 is 0.960 bits per heavy atom. The lowest BCUT2D eigenvalue weighted by atomic mass is 9.83. The van der Waals surface area contributed by atoms with E-state index in [1.807, 2.05) is 0 Å². The summed E-state index contributed by atoms with van der Waals surface area (Å²) < 4.78 is 22.2. The SMILES string of the molecule is OC[C@H]1O[C@@H](O[C@@H]2OCC[C@H]3[C@H](O)[C@@H]4O[C@]4(CO)[C@@H]23)[C@H](O)[C@@H](O)[C@H]1O. The number of hydrogen-bond acceptors (Lipinski definition) is 10. The summed E-state index contributed by atoms with van der Waals surface area (Å²) in [4.78, 5) is 0. The molecular formula is C15H24O10. The van der Waals surface area contributed by atoms with Crippen LogP contribution in [0.25, 0.3) is 0 Å². The van der Waals surface area contributed by atoms with Gasteiger partial charge in [-0.2, -0.15) is 0 Å². The highest BCUT2D eigenvalue weighted by Crippen LogP contribution is 2.60. The summed E-state index contributed by atoms with van der Waals surface area (Å²) in [5, 5.41) is 59.1. The number of aliphatic hydroxyl groups excluding tert-OH is 6. The molecule has 4 fully saturated rings. The Bertz CT molecular complexity index is 503. The highest BCUT2D eigenvalue weighted by molar-refractivity contribution is 5.21. The molecule has 10 heteroatoms. The molecule has 0 aromatic carbocycles. The first-order valence-corrected chi connectivity index (χ1v) is 8.49. The van der Waals surface area contributed by atoms with E-state index >= 15 is 0 Å². The van der Waals surface area contributed by atoms with Crippen LogP contribution in [0.1, 0.15) is 6.42 Å². The predicted molar refractivity (Wildman–Crippen MR) is 76.9 cm³/mol. The van der Waals surface area contributed by atoms with E-state index in [-0.39, 0.29) is 12.5 Å². The summed E-state index contributed by atoms with van der Waals surface area (Å²) in [5.74, 6) is -0.645. The van der Waals surface area contributed by atoms with E-state index in [0.29, 0.717) is 13.0 Å². The minimum absolute atomic E-state index is 0.186. The van der Waals surface area contributed by atoms with E-state index in [2.05, 4.69) is 0 Å². The molecule has 10 nitrogen and oxygen atoms in total. The topological polar surface area (TPSA) is 162 Å². The van der Waals surface area contributed by atoms with Crippen molar-refractivity contribution in [2.45, 2.75) is 61.2 Å². The summed E-state index contributed by atoms with van der Waals surface area (Å²) in [6.45, 7) is -0.546. The average molecular weight is 364 g/mol. The second kappa shape index (κ2) is 6.34. The first-order valence-electron chi connectivity index (χ1n) is 8.49. The zero-order valence-electron chi connectivity index (χ0n) is 13.4. The Hall–Kier alpha value is -0.400. The number of rotatable bonds is 4. The number of aliphatic hydroxyl groups is 6. The van der Waals surface area contributed by atoms with Crippen molar-refractivity contribution in [3.8, 4) is 0 Å². The van der Waals surface area contributed by atoms with E-state index in [0.717, 1.165) is 0 Å². The zero-order valence-corrected chi connectivity index (χ0v) is 13.4. The maximum absolute atomic E-state index is 10.3. The van der Waals surface area contributed by atoms with Gasteiger partial charge in [0.15, 0.2) is 12.6 Å². The smallest absolute Gasteiger partial charge is 0.189 e. The molecule has 0 aromatic rings. The van der Waals surface area contributed by atoms with Gasteiger partial charge in [-0.15, -0.1) is 0 Å². The van der Waals surface area contributed by atoms with Crippen LogP contribution in [0.3, 0.4) is 0 Å². The van der Waals surface area contributed by atoms with Crippen LogP contribution in [-0.4, -0.2) is 105 Å². The van der Waals surface area contributed by atoms with E-state index in [1.54, 1.807) is 0 Å². The number of ether oxygens (including phenoxy) is 4. The minimum Gasteiger partial charge on any atom is -0.394 e. The first kappa shape index (κ1) is 18.0. The van der Waals surface area contributed by atoms with Crippen LogP contribution in [0.15, 0.2) is 0 Å². The van der Waals surface area contributed by atoms with Gasteiger partial charge in [-0.1, -0.05) is 0 Å². The molecule has 11 atom stereocenters. The van der Waals surface area contributed by atoms with Gasteiger partial charge in [0.25, 0.3) is 0 Å². The molecule has 0 unspecified atom stereocenters. The molecule has 1 saturated carbocycles. The van der Waals surface area contributed by atoms with Crippen LogP contribution in [0.2, 0.25) is 0 Å². The van der Waals surface area contributed by atoms with E-state index in [4.69, 9.17) is 18.9 Å². The van der Waals surface area contributed by atoms with Crippen molar-refractivity contribution in [1.82, 2.24) is 0 Å². The van der Waals surface area contributed by atoms with Gasteiger partial charge >= 0.3 is 0 Å². The van der Waals surface area contributed by atoms with Gasteiger partial charge in [0, 0.05) is 11.8 Å². The molecule has 0 radical (unpaired) electrons. The summed E-state index contributed by atoms with van der Waals surface area (Å²) in [6, 6.07) is 0. The van der Waals surface area contributed by atoms with Crippen LogP contribution in [0, 0.1) is 11.8 Å². The molecule has 25 heavy (non-hydrogen) atoms. The molecular weight excluding hydrogens is 340 g/mol. The van der Waals surface area contributed by atoms with Gasteiger partial charge < -0.3 is 49.6 Å². The van der Waals surface area contributed by atoms with Gasteiger partial charge in [0.1, 0.15) is 36.1 Å². The van der Waals surface area contributed by atoms with Crippen molar-refractivity contribution in [3.05, 3.63) is 0 Å². The third kappa shape index (κ3) is 2.56. The molecule has 0 aromatic heterocycles. The summed E-state index contributed by atoms with van der Waals surface area (Å²) in [6.07, 6.45) is -8.57. The molecule has 1 aliphatic carbocycles. The molecule has 3 aliphatic heterocycles. The zero-order chi connectivity index (χ0) is 17.9. The minimum atomic E-state index is -1.55. The average Bonchev–Trinajstić information content (AvgIpc) is 3.31. The maximum atomic E-state index is 10.3. The lowest BCUT2D eigenvalue weighted by Crippen LogP contribution is -2.61. The molecule has 4 aliphatic rings. The summed E-state index contributed by atoms with van der Waals surface area (Å²) in [7, 11) is 0. The fourth-order valence-corrected chi connectivity index (χ4v) is 4.50. The second-order valence-electron chi connectivity index (χ2n) is 7.19. The van der Waals surface area contributed by atoms with Gasteiger partial charge in [0.2, 0.25) is 0 Å². The summed E-state index contributed by atoms with van der Waals surface area (Å²) >= 11 is 0. The second-order valence-corrected chi connectivity index (χ2v) is 7.19. The lowest BCUT2D eigenvalue weighted by Gasteiger charge is -2.44. The number of fused-ring (bicyclic) bond motifs is 3. The largest absolute Gasteiger partial charge is 0.394 e. The van der Waals surface area contributed by atoms with Crippen molar-refractivity contribution < 1.29 is 49.6 Å². The van der Waals surface area contributed by atoms with Crippen molar-refractivity contribution in [1.29, 1.82) is 0 Å². The van der Waals surface area contributed by atoms with Gasteiger partial charge in [-0.25, -0.2) is 0 Å². The number of hydrogen-bond donors (Lipinski definition) is 6.